The predicted molar refractivity (Wildman–Crippen MR) is 97.2 cm³/mol. The van der Waals surface area contributed by atoms with E-state index >= 15 is 0 Å². The highest BCUT2D eigenvalue weighted by Crippen LogP contribution is 2.27. The van der Waals surface area contributed by atoms with Crippen LogP contribution in [0.3, 0.4) is 0 Å². The molecule has 0 bridgehead atoms. The lowest BCUT2D eigenvalue weighted by molar-refractivity contribution is -0.133. The number of carbonyl (C=O) groups excluding carboxylic acids is 1. The summed E-state index contributed by atoms with van der Waals surface area (Å²) in [6.45, 7) is 9.81. The van der Waals surface area contributed by atoms with Crippen LogP contribution in [0.1, 0.15) is 46.9 Å². The Labute approximate surface area is 153 Å². The maximum absolute atomic E-state index is 12.6. The molecular weight excluding hydrogens is 362 g/mol. The van der Waals surface area contributed by atoms with Crippen molar-refractivity contribution in [3.8, 4) is 0 Å². The third kappa shape index (κ3) is 5.44. The smallest absolute Gasteiger partial charge is 0.277 e. The molecule has 0 radical (unpaired) electrons. The van der Waals surface area contributed by atoms with Crippen LogP contribution in [-0.2, 0) is 21.1 Å². The molecule has 2 rings (SSSR count). The van der Waals surface area contributed by atoms with Gasteiger partial charge in [0, 0.05) is 18.5 Å². The van der Waals surface area contributed by atoms with Gasteiger partial charge in [-0.2, -0.15) is 0 Å². The van der Waals surface area contributed by atoms with Crippen molar-refractivity contribution in [1.82, 2.24) is 15.1 Å². The molecule has 1 aromatic heterocycles. The third-order valence-corrected chi connectivity index (χ3v) is 6.99. The number of sulfone groups is 1. The number of thioether (sulfide) groups is 1. The largest absolute Gasteiger partial charge is 0.416 e. The summed E-state index contributed by atoms with van der Waals surface area (Å²) in [6.07, 6.45) is 1.11. The summed E-state index contributed by atoms with van der Waals surface area (Å²) in [4.78, 5) is 14.5. The lowest BCUT2D eigenvalue weighted by Gasteiger charge is -2.32. The van der Waals surface area contributed by atoms with E-state index in [4.69, 9.17) is 4.42 Å². The molecule has 1 aliphatic rings. The molecule has 1 aliphatic heterocycles. The van der Waals surface area contributed by atoms with Gasteiger partial charge in [0.05, 0.1) is 16.8 Å². The van der Waals surface area contributed by atoms with Crippen LogP contribution in [0, 0.1) is 5.92 Å². The molecule has 0 spiro atoms. The van der Waals surface area contributed by atoms with Crippen LogP contribution in [0.25, 0.3) is 0 Å². The lowest BCUT2D eigenvalue weighted by atomic mass is 10.1. The summed E-state index contributed by atoms with van der Waals surface area (Å²) in [5.74, 6) is 0.939. The van der Waals surface area contributed by atoms with Crippen molar-refractivity contribution >= 4 is 27.5 Å². The molecule has 1 saturated heterocycles. The summed E-state index contributed by atoms with van der Waals surface area (Å²) in [6, 6.07) is 0.247. The SMILES string of the molecule is CC(Sc1nnc(CC2CCS(=O)(=O)C2)o1)C(=O)N(C(C)C)C(C)C. The van der Waals surface area contributed by atoms with Gasteiger partial charge in [0.25, 0.3) is 5.22 Å². The average molecular weight is 390 g/mol. The van der Waals surface area contributed by atoms with Gasteiger partial charge in [-0.05, 0) is 47.0 Å². The van der Waals surface area contributed by atoms with E-state index in [1.54, 1.807) is 0 Å². The van der Waals surface area contributed by atoms with Crippen LogP contribution in [0.15, 0.2) is 9.64 Å². The number of amides is 1. The average Bonchev–Trinajstić information content (AvgIpc) is 3.04. The van der Waals surface area contributed by atoms with Crippen LogP contribution in [0.5, 0.6) is 0 Å². The number of nitrogens with zero attached hydrogens (tertiary/aromatic N) is 3. The molecule has 142 valence electrons. The van der Waals surface area contributed by atoms with Crippen molar-refractivity contribution in [3.05, 3.63) is 5.89 Å². The topological polar surface area (TPSA) is 93.4 Å². The molecule has 7 nitrogen and oxygen atoms in total. The van der Waals surface area contributed by atoms with Crippen LogP contribution < -0.4 is 0 Å². The first kappa shape index (κ1) is 20.2. The highest BCUT2D eigenvalue weighted by atomic mass is 32.2. The Bertz CT molecular complexity index is 692. The minimum atomic E-state index is -2.91. The van der Waals surface area contributed by atoms with E-state index in [1.165, 1.54) is 11.8 Å². The van der Waals surface area contributed by atoms with Gasteiger partial charge < -0.3 is 9.32 Å². The molecule has 9 heteroatoms. The zero-order chi connectivity index (χ0) is 18.8. The van der Waals surface area contributed by atoms with E-state index in [0.29, 0.717) is 24.0 Å². The van der Waals surface area contributed by atoms with E-state index < -0.39 is 9.84 Å². The molecule has 1 aromatic rings. The Balaban J connectivity index is 1.95. The second kappa shape index (κ2) is 8.07. The molecule has 0 aliphatic carbocycles. The Morgan fingerprint density at radius 3 is 2.40 bits per heavy atom. The minimum absolute atomic E-state index is 0.0386. The van der Waals surface area contributed by atoms with Gasteiger partial charge in [0.2, 0.25) is 11.8 Å². The number of carbonyl (C=O) groups is 1. The number of rotatable bonds is 7. The van der Waals surface area contributed by atoms with Crippen molar-refractivity contribution in [2.24, 2.45) is 5.92 Å². The molecule has 2 unspecified atom stereocenters. The molecular formula is C16H27N3O4S2. The summed E-state index contributed by atoms with van der Waals surface area (Å²) in [5, 5.41) is 8.01. The Morgan fingerprint density at radius 2 is 1.88 bits per heavy atom. The second-order valence-electron chi connectivity index (χ2n) is 7.13. The Kier molecular flexibility index (Phi) is 6.53. The Hall–Kier alpha value is -1.09. The van der Waals surface area contributed by atoms with Gasteiger partial charge in [-0.25, -0.2) is 8.42 Å². The van der Waals surface area contributed by atoms with Gasteiger partial charge in [-0.15, -0.1) is 10.2 Å². The van der Waals surface area contributed by atoms with E-state index in [9.17, 15) is 13.2 Å². The summed E-state index contributed by atoms with van der Waals surface area (Å²) < 4.78 is 28.6. The summed E-state index contributed by atoms with van der Waals surface area (Å²) >= 11 is 1.24. The maximum Gasteiger partial charge on any atom is 0.277 e. The van der Waals surface area contributed by atoms with Gasteiger partial charge in [-0.1, -0.05) is 11.8 Å². The zero-order valence-corrected chi connectivity index (χ0v) is 17.1. The lowest BCUT2D eigenvalue weighted by Crippen LogP contribution is -2.45. The van der Waals surface area contributed by atoms with Crippen LogP contribution in [0.4, 0.5) is 0 Å². The van der Waals surface area contributed by atoms with Crippen LogP contribution in [0.2, 0.25) is 0 Å². The first-order valence-corrected chi connectivity index (χ1v) is 11.3. The van der Waals surface area contributed by atoms with Crippen LogP contribution >= 0.6 is 11.8 Å². The van der Waals surface area contributed by atoms with Gasteiger partial charge >= 0.3 is 0 Å². The maximum atomic E-state index is 12.6. The summed E-state index contributed by atoms with van der Waals surface area (Å²) in [5.41, 5.74) is 0. The Morgan fingerprint density at radius 1 is 1.24 bits per heavy atom. The second-order valence-corrected chi connectivity index (χ2v) is 10.6. The van der Waals surface area contributed by atoms with Crippen molar-refractivity contribution in [3.63, 3.8) is 0 Å². The standard InChI is InChI=1S/C16H27N3O4S2/c1-10(2)19(11(3)4)15(20)12(5)24-16-18-17-14(23-16)8-13-6-7-25(21,22)9-13/h10-13H,6-9H2,1-5H3. The van der Waals surface area contributed by atoms with Gasteiger partial charge in [-0.3, -0.25) is 4.79 Å². The first-order chi connectivity index (χ1) is 11.6. The molecule has 25 heavy (non-hydrogen) atoms. The molecule has 0 aromatic carbocycles. The first-order valence-electron chi connectivity index (χ1n) is 8.60. The molecule has 0 N–H and O–H groups in total. The van der Waals surface area contributed by atoms with Gasteiger partial charge in [0.1, 0.15) is 0 Å². The van der Waals surface area contributed by atoms with Crippen molar-refractivity contribution in [2.45, 2.75) is 70.0 Å². The fourth-order valence-corrected chi connectivity index (χ4v) is 5.78. The quantitative estimate of drug-likeness (QED) is 0.660. The fourth-order valence-electron chi connectivity index (χ4n) is 3.17. The molecule has 2 heterocycles. The van der Waals surface area contributed by atoms with E-state index in [0.717, 1.165) is 0 Å². The van der Waals surface area contributed by atoms with E-state index in [2.05, 4.69) is 10.2 Å². The number of hydrogen-bond donors (Lipinski definition) is 0. The highest BCUT2D eigenvalue weighted by molar-refractivity contribution is 8.00. The van der Waals surface area contributed by atoms with E-state index in [1.807, 2.05) is 39.5 Å². The molecule has 2 atom stereocenters. The van der Waals surface area contributed by atoms with Crippen molar-refractivity contribution < 1.29 is 17.6 Å². The van der Waals surface area contributed by atoms with Crippen LogP contribution in [-0.4, -0.2) is 58.3 Å². The monoisotopic (exact) mass is 389 g/mol. The van der Waals surface area contributed by atoms with Crippen molar-refractivity contribution in [2.75, 3.05) is 11.5 Å². The van der Waals surface area contributed by atoms with E-state index in [-0.39, 0.29) is 40.7 Å². The normalized spacial score (nSPS) is 21.0. The summed E-state index contributed by atoms with van der Waals surface area (Å²) in [7, 11) is -2.91. The fraction of sp³-hybridized carbons (Fsp3) is 0.812. The number of aromatic nitrogens is 2. The minimum Gasteiger partial charge on any atom is -0.416 e. The van der Waals surface area contributed by atoms with Gasteiger partial charge in [0.15, 0.2) is 9.84 Å². The van der Waals surface area contributed by atoms with Crippen molar-refractivity contribution in [1.29, 1.82) is 0 Å². The predicted octanol–water partition coefficient (Wildman–Crippen LogP) is 2.17. The molecule has 1 fully saturated rings. The zero-order valence-electron chi connectivity index (χ0n) is 15.4. The molecule has 1 amide bonds. The highest BCUT2D eigenvalue weighted by Gasteiger charge is 2.30. The number of hydrogen-bond acceptors (Lipinski definition) is 7. The third-order valence-electron chi connectivity index (χ3n) is 4.23. The molecule has 0 saturated carbocycles.